The second kappa shape index (κ2) is 13.6. The van der Waals surface area contributed by atoms with Crippen molar-refractivity contribution in [2.75, 3.05) is 6.61 Å². The fourth-order valence-corrected chi connectivity index (χ4v) is 4.96. The number of hydrogen-bond acceptors (Lipinski definition) is 5. The van der Waals surface area contributed by atoms with Crippen molar-refractivity contribution in [1.82, 2.24) is 5.32 Å². The van der Waals surface area contributed by atoms with Crippen molar-refractivity contribution in [3.05, 3.63) is 144 Å². The molecule has 0 unspecified atom stereocenters. The Balaban J connectivity index is 1.23. The van der Waals surface area contributed by atoms with Crippen molar-refractivity contribution in [3.8, 4) is 11.1 Å². The molecule has 1 aliphatic carbocycles. The largest absolute Gasteiger partial charge is 0.458 e. The van der Waals surface area contributed by atoms with Crippen LogP contribution in [0.2, 0.25) is 0 Å². The van der Waals surface area contributed by atoms with E-state index in [0.29, 0.717) is 6.61 Å². The van der Waals surface area contributed by atoms with Gasteiger partial charge in [-0.15, -0.1) is 0 Å². The molecule has 1 N–H and O–H groups in total. The Labute approximate surface area is 240 Å². The minimum absolute atomic E-state index is 0.0538. The number of fused-ring (bicyclic) bond motifs is 3. The number of nitrogens with one attached hydrogen (secondary N) is 1. The van der Waals surface area contributed by atoms with Crippen LogP contribution in [0.5, 0.6) is 0 Å². The molecular formula is C35H33NO5. The Kier molecular flexibility index (Phi) is 9.24. The lowest BCUT2D eigenvalue weighted by Gasteiger charge is -2.23. The highest BCUT2D eigenvalue weighted by molar-refractivity contribution is 5.82. The number of benzene rings is 4. The highest BCUT2D eigenvalue weighted by atomic mass is 16.6. The highest BCUT2D eigenvalue weighted by Gasteiger charge is 2.29. The Morgan fingerprint density at radius 3 is 1.88 bits per heavy atom. The van der Waals surface area contributed by atoms with Crippen LogP contribution in [-0.4, -0.2) is 30.8 Å². The van der Waals surface area contributed by atoms with Crippen LogP contribution in [0.3, 0.4) is 0 Å². The van der Waals surface area contributed by atoms with Crippen LogP contribution in [0, 0.1) is 0 Å². The molecule has 0 heterocycles. The molecule has 4 aromatic rings. The van der Waals surface area contributed by atoms with Crippen LogP contribution in [0.25, 0.3) is 11.1 Å². The third-order valence-electron chi connectivity index (χ3n) is 7.15. The average molecular weight is 548 g/mol. The maximum absolute atomic E-state index is 13.0. The van der Waals surface area contributed by atoms with Gasteiger partial charge in [-0.05, 0) is 40.3 Å². The van der Waals surface area contributed by atoms with Gasteiger partial charge >= 0.3 is 12.1 Å². The highest BCUT2D eigenvalue weighted by Crippen LogP contribution is 2.44. The molecule has 0 spiro atoms. The van der Waals surface area contributed by atoms with Crippen LogP contribution in [-0.2, 0) is 32.2 Å². The van der Waals surface area contributed by atoms with Gasteiger partial charge in [0.25, 0.3) is 0 Å². The molecule has 0 aliphatic heterocycles. The standard InChI is InChI=1S/C35H33NO5/c1-25(39-22-26-12-4-2-5-13-26)33(20-21-34(37)40-23-27-14-6-3-7-15-27)36-35(38)41-24-32-30-18-10-8-16-28(30)29-17-9-11-19-31(29)32/h2-21,25,32-33H,22-24H2,1H3,(H,36,38)/b21-20+/t25-,33-/m0/s1. The van der Waals surface area contributed by atoms with Crippen LogP contribution < -0.4 is 5.32 Å². The number of hydrogen-bond donors (Lipinski definition) is 1. The summed E-state index contributed by atoms with van der Waals surface area (Å²) in [6.45, 7) is 2.55. The molecule has 0 saturated heterocycles. The second-order valence-corrected chi connectivity index (χ2v) is 9.95. The van der Waals surface area contributed by atoms with Crippen LogP contribution >= 0.6 is 0 Å². The molecular weight excluding hydrogens is 514 g/mol. The summed E-state index contributed by atoms with van der Waals surface area (Å²) < 4.78 is 17.2. The predicted octanol–water partition coefficient (Wildman–Crippen LogP) is 6.80. The molecule has 0 aromatic heterocycles. The van der Waals surface area contributed by atoms with Gasteiger partial charge in [0.1, 0.15) is 13.2 Å². The predicted molar refractivity (Wildman–Crippen MR) is 158 cm³/mol. The summed E-state index contributed by atoms with van der Waals surface area (Å²) in [5, 5.41) is 2.87. The van der Waals surface area contributed by atoms with Crippen molar-refractivity contribution < 1.29 is 23.8 Å². The van der Waals surface area contributed by atoms with Crippen molar-refractivity contribution in [2.24, 2.45) is 0 Å². The first kappa shape index (κ1) is 27.9. The number of rotatable bonds is 11. The Morgan fingerprint density at radius 1 is 0.732 bits per heavy atom. The zero-order valence-electron chi connectivity index (χ0n) is 22.9. The monoisotopic (exact) mass is 547 g/mol. The fraction of sp³-hybridized carbons (Fsp3) is 0.200. The number of carbonyl (C=O) groups excluding carboxylic acids is 2. The first-order valence-corrected chi connectivity index (χ1v) is 13.7. The van der Waals surface area contributed by atoms with E-state index in [1.54, 1.807) is 6.08 Å². The van der Waals surface area contributed by atoms with E-state index in [4.69, 9.17) is 14.2 Å². The summed E-state index contributed by atoms with van der Waals surface area (Å²) in [6.07, 6.45) is 1.87. The molecule has 208 valence electrons. The van der Waals surface area contributed by atoms with E-state index in [9.17, 15) is 9.59 Å². The number of ether oxygens (including phenoxy) is 3. The van der Waals surface area contributed by atoms with E-state index in [2.05, 4.69) is 29.6 Å². The molecule has 1 amide bonds. The summed E-state index contributed by atoms with van der Waals surface area (Å²) in [4.78, 5) is 25.5. The number of esters is 1. The van der Waals surface area contributed by atoms with Crippen molar-refractivity contribution >= 4 is 12.1 Å². The van der Waals surface area contributed by atoms with Crippen LogP contribution in [0.15, 0.2) is 121 Å². The average Bonchev–Trinajstić information content (AvgIpc) is 3.34. The normalized spacial score (nSPS) is 13.7. The topological polar surface area (TPSA) is 73.9 Å². The molecule has 41 heavy (non-hydrogen) atoms. The first-order valence-electron chi connectivity index (χ1n) is 13.7. The van der Waals surface area contributed by atoms with Crippen LogP contribution in [0.1, 0.15) is 35.1 Å². The lowest BCUT2D eigenvalue weighted by atomic mass is 9.98. The van der Waals surface area contributed by atoms with Gasteiger partial charge in [-0.2, -0.15) is 0 Å². The lowest BCUT2D eigenvalue weighted by Crippen LogP contribution is -2.42. The lowest BCUT2D eigenvalue weighted by molar-refractivity contribution is -0.139. The molecule has 4 aromatic carbocycles. The Hall–Kier alpha value is -4.68. The van der Waals surface area contributed by atoms with Gasteiger partial charge in [0.15, 0.2) is 0 Å². The van der Waals surface area contributed by atoms with Crippen molar-refractivity contribution in [3.63, 3.8) is 0 Å². The van der Waals surface area contributed by atoms with Gasteiger partial charge in [-0.3, -0.25) is 0 Å². The van der Waals surface area contributed by atoms with Gasteiger partial charge in [-0.25, -0.2) is 9.59 Å². The maximum atomic E-state index is 13.0. The second-order valence-electron chi connectivity index (χ2n) is 9.95. The quantitative estimate of drug-likeness (QED) is 0.165. The molecule has 0 bridgehead atoms. The molecule has 6 heteroatoms. The van der Waals surface area contributed by atoms with E-state index in [1.165, 1.54) is 6.08 Å². The summed E-state index contributed by atoms with van der Waals surface area (Å²) in [7, 11) is 0. The molecule has 2 atom stereocenters. The minimum atomic E-state index is -0.626. The van der Waals surface area contributed by atoms with Gasteiger partial charge in [0.05, 0.1) is 18.8 Å². The zero-order valence-corrected chi connectivity index (χ0v) is 22.9. The van der Waals surface area contributed by atoms with Gasteiger partial charge in [-0.1, -0.05) is 115 Å². The van der Waals surface area contributed by atoms with E-state index < -0.39 is 24.2 Å². The van der Waals surface area contributed by atoms with E-state index >= 15 is 0 Å². The molecule has 0 fully saturated rings. The third-order valence-corrected chi connectivity index (χ3v) is 7.15. The fourth-order valence-electron chi connectivity index (χ4n) is 4.96. The number of carbonyl (C=O) groups is 2. The molecule has 1 aliphatic rings. The van der Waals surface area contributed by atoms with Gasteiger partial charge in [0, 0.05) is 12.0 Å². The van der Waals surface area contributed by atoms with Gasteiger partial charge in [0.2, 0.25) is 0 Å². The van der Waals surface area contributed by atoms with Crippen molar-refractivity contribution in [2.45, 2.75) is 38.2 Å². The van der Waals surface area contributed by atoms with Crippen molar-refractivity contribution in [1.29, 1.82) is 0 Å². The smallest absolute Gasteiger partial charge is 0.407 e. The number of amides is 1. The number of alkyl carbamates (subject to hydrolysis) is 1. The molecule has 6 nitrogen and oxygen atoms in total. The first-order chi connectivity index (χ1) is 20.1. The molecule has 5 rings (SSSR count). The van der Waals surface area contributed by atoms with E-state index in [1.807, 2.05) is 91.9 Å². The maximum Gasteiger partial charge on any atom is 0.407 e. The molecule has 0 radical (unpaired) electrons. The third kappa shape index (κ3) is 7.29. The van der Waals surface area contributed by atoms with E-state index in [-0.39, 0.29) is 19.1 Å². The van der Waals surface area contributed by atoms with Gasteiger partial charge < -0.3 is 19.5 Å². The summed E-state index contributed by atoms with van der Waals surface area (Å²) >= 11 is 0. The summed E-state index contributed by atoms with van der Waals surface area (Å²) in [5.41, 5.74) is 6.50. The summed E-state index contributed by atoms with van der Waals surface area (Å²) in [6, 6.07) is 35.0. The Morgan fingerprint density at radius 2 is 1.27 bits per heavy atom. The molecule has 0 saturated carbocycles. The van der Waals surface area contributed by atoms with E-state index in [0.717, 1.165) is 33.4 Å². The summed E-state index contributed by atoms with van der Waals surface area (Å²) in [5.74, 6) is -0.565. The SMILES string of the molecule is C[C@H](OCc1ccccc1)[C@H](/C=C/C(=O)OCc1ccccc1)NC(=O)OCC1c2ccccc2-c2ccccc21. The minimum Gasteiger partial charge on any atom is -0.458 e. The van der Waals surface area contributed by atoms with Crippen LogP contribution in [0.4, 0.5) is 4.79 Å². The zero-order chi connectivity index (χ0) is 28.4. The Bertz CT molecular complexity index is 1440.